The second kappa shape index (κ2) is 8.80. The molecular weight excluding hydrogens is 425 g/mol. The van der Waals surface area contributed by atoms with Gasteiger partial charge in [-0.05, 0) is 46.7 Å². The van der Waals surface area contributed by atoms with Crippen LogP contribution in [0.2, 0.25) is 0 Å². The summed E-state index contributed by atoms with van der Waals surface area (Å²) in [7, 11) is 0. The van der Waals surface area contributed by atoms with Crippen LogP contribution in [-0.4, -0.2) is 23.0 Å². The Kier molecular flexibility index (Phi) is 7.73. The molecule has 1 rings (SSSR count). The van der Waals surface area contributed by atoms with E-state index in [1.807, 2.05) is 34.6 Å². The molecule has 1 amide bonds. The highest BCUT2D eigenvalue weighted by Crippen LogP contribution is 2.37. The number of halogens is 4. The Morgan fingerprint density at radius 3 is 2.33 bits per heavy atom. The lowest BCUT2D eigenvalue weighted by Gasteiger charge is -2.33. The number of alkyl halides is 3. The molecule has 1 aromatic rings. The van der Waals surface area contributed by atoms with Gasteiger partial charge in [-0.25, -0.2) is 4.98 Å². The summed E-state index contributed by atoms with van der Waals surface area (Å²) in [6.07, 6.45) is -2.47. The van der Waals surface area contributed by atoms with Crippen molar-refractivity contribution < 1.29 is 22.7 Å². The van der Waals surface area contributed by atoms with Gasteiger partial charge in [0.25, 0.3) is 0 Å². The molecule has 8 heteroatoms. The number of hydrogen-bond donors (Lipinski definition) is 1. The van der Waals surface area contributed by atoms with Gasteiger partial charge in [-0.15, -0.1) is 0 Å². The summed E-state index contributed by atoms with van der Waals surface area (Å²) >= 11 is 3.00. The van der Waals surface area contributed by atoms with Crippen LogP contribution in [0.15, 0.2) is 16.7 Å². The van der Waals surface area contributed by atoms with Crippen molar-refractivity contribution in [1.82, 2.24) is 10.3 Å². The zero-order chi connectivity index (χ0) is 21.0. The predicted molar refractivity (Wildman–Crippen MR) is 103 cm³/mol. The molecular formula is C19H28BrF3N2O2. The van der Waals surface area contributed by atoms with Crippen LogP contribution in [0.5, 0.6) is 5.88 Å². The van der Waals surface area contributed by atoms with Crippen molar-refractivity contribution in [3.63, 3.8) is 0 Å². The number of aromatic nitrogens is 1. The number of hydrogen-bond acceptors (Lipinski definition) is 3. The lowest BCUT2D eigenvalue weighted by molar-refractivity contribution is -0.139. The number of amides is 1. The molecule has 0 saturated heterocycles. The van der Waals surface area contributed by atoms with Gasteiger partial charge in [-0.2, -0.15) is 13.2 Å². The van der Waals surface area contributed by atoms with Crippen molar-refractivity contribution in [3.8, 4) is 5.88 Å². The third-order valence-electron chi connectivity index (χ3n) is 3.64. The minimum atomic E-state index is -4.59. The Balaban J connectivity index is 3.00. The lowest BCUT2D eigenvalue weighted by atomic mass is 9.88. The highest BCUT2D eigenvalue weighted by molar-refractivity contribution is 9.10. The van der Waals surface area contributed by atoms with E-state index >= 15 is 0 Å². The van der Waals surface area contributed by atoms with Crippen LogP contribution < -0.4 is 10.1 Å². The summed E-state index contributed by atoms with van der Waals surface area (Å²) in [5, 5.41) is 2.94. The third kappa shape index (κ3) is 8.49. The predicted octanol–water partition coefficient (Wildman–Crippen LogP) is 5.60. The Hall–Kier alpha value is -1.31. The van der Waals surface area contributed by atoms with Crippen molar-refractivity contribution in [1.29, 1.82) is 0 Å². The lowest BCUT2D eigenvalue weighted by Crippen LogP contribution is -2.51. The number of nitrogens with zero attached hydrogens (tertiary/aromatic N) is 1. The van der Waals surface area contributed by atoms with Gasteiger partial charge in [0.05, 0.1) is 5.54 Å². The zero-order valence-electron chi connectivity index (χ0n) is 16.6. The van der Waals surface area contributed by atoms with Crippen LogP contribution in [-0.2, 0) is 11.0 Å². The average molecular weight is 453 g/mol. The topological polar surface area (TPSA) is 51.2 Å². The molecule has 27 heavy (non-hydrogen) atoms. The average Bonchev–Trinajstić information content (AvgIpc) is 2.41. The molecule has 0 saturated carbocycles. The van der Waals surface area contributed by atoms with Crippen LogP contribution in [0, 0.1) is 11.3 Å². The van der Waals surface area contributed by atoms with Crippen molar-refractivity contribution in [3.05, 3.63) is 22.3 Å². The van der Waals surface area contributed by atoms with E-state index in [9.17, 15) is 18.0 Å². The largest absolute Gasteiger partial charge is 0.475 e. The highest BCUT2D eigenvalue weighted by Gasteiger charge is 2.37. The van der Waals surface area contributed by atoms with Crippen LogP contribution in [0.25, 0.3) is 0 Å². The maximum Gasteiger partial charge on any atom is 0.421 e. The summed E-state index contributed by atoms with van der Waals surface area (Å²) in [6, 6.07) is 0.931. The molecule has 4 nitrogen and oxygen atoms in total. The fraction of sp³-hybridized carbons (Fsp3) is 0.684. The first-order valence-electron chi connectivity index (χ1n) is 8.78. The van der Waals surface area contributed by atoms with Gasteiger partial charge < -0.3 is 10.1 Å². The summed E-state index contributed by atoms with van der Waals surface area (Å²) in [5.41, 5.74) is -1.96. The molecule has 0 fully saturated rings. The number of carbonyl (C=O) groups excluding carboxylic acids is 1. The molecule has 0 aliphatic rings. The van der Waals surface area contributed by atoms with Crippen molar-refractivity contribution in [2.75, 3.05) is 6.61 Å². The van der Waals surface area contributed by atoms with E-state index < -0.39 is 23.2 Å². The van der Waals surface area contributed by atoms with Gasteiger partial charge >= 0.3 is 6.18 Å². The van der Waals surface area contributed by atoms with E-state index in [1.54, 1.807) is 6.92 Å². The van der Waals surface area contributed by atoms with Gasteiger partial charge in [-0.1, -0.05) is 34.6 Å². The molecule has 1 heterocycles. The minimum Gasteiger partial charge on any atom is -0.475 e. The van der Waals surface area contributed by atoms with Crippen LogP contribution in [0.4, 0.5) is 13.2 Å². The Bertz CT molecular complexity index is 657. The zero-order valence-corrected chi connectivity index (χ0v) is 18.2. The van der Waals surface area contributed by atoms with E-state index in [0.29, 0.717) is 12.8 Å². The minimum absolute atomic E-state index is 0.112. The molecule has 0 spiro atoms. The molecule has 154 valence electrons. The molecule has 1 N–H and O–H groups in total. The van der Waals surface area contributed by atoms with Gasteiger partial charge in [0.15, 0.2) is 0 Å². The first-order chi connectivity index (χ1) is 12.1. The van der Waals surface area contributed by atoms with Gasteiger partial charge in [0.2, 0.25) is 11.8 Å². The molecule has 0 aromatic carbocycles. The monoisotopic (exact) mass is 452 g/mol. The second-order valence-electron chi connectivity index (χ2n) is 8.74. The Labute approximate surface area is 167 Å². The summed E-state index contributed by atoms with van der Waals surface area (Å²) in [5.74, 6) is -0.437. The van der Waals surface area contributed by atoms with Crippen LogP contribution >= 0.6 is 15.9 Å². The second-order valence-corrected chi connectivity index (χ2v) is 9.65. The van der Waals surface area contributed by atoms with E-state index in [-0.39, 0.29) is 28.3 Å². The van der Waals surface area contributed by atoms with Crippen molar-refractivity contribution in [2.24, 2.45) is 11.3 Å². The maximum absolute atomic E-state index is 13.2. The summed E-state index contributed by atoms with van der Waals surface area (Å²) < 4.78 is 45.4. The van der Waals surface area contributed by atoms with Crippen molar-refractivity contribution in [2.45, 2.75) is 66.1 Å². The van der Waals surface area contributed by atoms with Gasteiger partial charge in [-0.3, -0.25) is 4.79 Å². The third-order valence-corrected chi connectivity index (χ3v) is 4.08. The molecule has 0 aliphatic carbocycles. The quantitative estimate of drug-likeness (QED) is 0.585. The van der Waals surface area contributed by atoms with Crippen molar-refractivity contribution >= 4 is 21.8 Å². The van der Waals surface area contributed by atoms with E-state index in [4.69, 9.17) is 4.74 Å². The number of pyridine rings is 1. The first-order valence-corrected chi connectivity index (χ1v) is 9.57. The molecule has 1 aromatic heterocycles. The first kappa shape index (κ1) is 23.7. The smallest absolute Gasteiger partial charge is 0.421 e. The van der Waals surface area contributed by atoms with E-state index in [2.05, 4.69) is 26.2 Å². The molecule has 0 unspecified atom stereocenters. The number of ether oxygens (including phenoxy) is 1. The summed E-state index contributed by atoms with van der Waals surface area (Å²) in [6.45, 7) is 11.5. The van der Waals surface area contributed by atoms with Gasteiger partial charge in [0.1, 0.15) is 12.2 Å². The molecule has 0 radical (unpaired) electrons. The normalized spacial score (nSPS) is 14.8. The fourth-order valence-corrected chi connectivity index (χ4v) is 3.21. The Morgan fingerprint density at radius 1 is 1.26 bits per heavy atom. The SMILES string of the molecule is CC(C)C[C@@](C)(COc1ncc(Br)cc1C(F)(F)F)NC(=O)CC(C)(C)C. The number of nitrogens with one attached hydrogen (secondary N) is 1. The molecule has 0 aliphatic heterocycles. The molecule has 1 atom stereocenters. The van der Waals surface area contributed by atoms with Crippen LogP contribution in [0.1, 0.15) is 59.9 Å². The maximum atomic E-state index is 13.2. The van der Waals surface area contributed by atoms with E-state index in [1.165, 1.54) is 6.20 Å². The fourth-order valence-electron chi connectivity index (χ4n) is 2.88. The number of rotatable bonds is 7. The molecule has 0 bridgehead atoms. The van der Waals surface area contributed by atoms with Gasteiger partial charge in [0, 0.05) is 17.1 Å². The summed E-state index contributed by atoms with van der Waals surface area (Å²) in [4.78, 5) is 16.1. The van der Waals surface area contributed by atoms with Crippen LogP contribution in [0.3, 0.4) is 0 Å². The highest BCUT2D eigenvalue weighted by atomic mass is 79.9. The Morgan fingerprint density at radius 2 is 1.85 bits per heavy atom. The standard InChI is InChI=1S/C19H28BrF3N2O2/c1-12(2)8-18(6,25-15(26)9-17(3,4)5)11-27-16-14(19(21,22)23)7-13(20)10-24-16/h7,10,12H,8-9,11H2,1-6H3,(H,25,26)/t18-/m0/s1. The number of carbonyl (C=O) groups is 1. The van der Waals surface area contributed by atoms with E-state index in [0.717, 1.165) is 6.07 Å².